The molecule has 0 heterocycles. The molecular weight excluding hydrogens is 276 g/mol. The SMILES string of the molecule is CCN(Cc1ccc(C(=O)N(C)C)cc1)C1CCCCC1O. The van der Waals surface area contributed by atoms with Crippen LogP contribution in [-0.4, -0.2) is 53.6 Å². The minimum Gasteiger partial charge on any atom is -0.391 e. The van der Waals surface area contributed by atoms with Gasteiger partial charge in [-0.1, -0.05) is 31.9 Å². The van der Waals surface area contributed by atoms with E-state index in [-0.39, 0.29) is 18.1 Å². The lowest BCUT2D eigenvalue weighted by Crippen LogP contribution is -2.44. The minimum atomic E-state index is -0.205. The van der Waals surface area contributed by atoms with Crippen LogP contribution >= 0.6 is 0 Å². The summed E-state index contributed by atoms with van der Waals surface area (Å²) in [6.45, 7) is 3.90. The molecule has 0 aromatic heterocycles. The number of amides is 1. The van der Waals surface area contributed by atoms with Crippen LogP contribution in [0, 0.1) is 0 Å². The molecular formula is C18H28N2O2. The van der Waals surface area contributed by atoms with Crippen molar-refractivity contribution in [3.05, 3.63) is 35.4 Å². The van der Waals surface area contributed by atoms with Crippen LogP contribution in [0.2, 0.25) is 0 Å². The molecule has 1 aliphatic carbocycles. The van der Waals surface area contributed by atoms with Gasteiger partial charge in [-0.25, -0.2) is 0 Å². The molecule has 4 heteroatoms. The van der Waals surface area contributed by atoms with Crippen LogP contribution in [0.1, 0.15) is 48.5 Å². The number of carbonyl (C=O) groups is 1. The van der Waals surface area contributed by atoms with Crippen molar-refractivity contribution in [2.45, 2.75) is 51.3 Å². The molecule has 2 rings (SSSR count). The van der Waals surface area contributed by atoms with Crippen LogP contribution in [0.4, 0.5) is 0 Å². The lowest BCUT2D eigenvalue weighted by molar-refractivity contribution is 0.0182. The zero-order valence-corrected chi connectivity index (χ0v) is 14.0. The van der Waals surface area contributed by atoms with Crippen molar-refractivity contribution in [3.8, 4) is 0 Å². The second kappa shape index (κ2) is 7.75. The molecule has 4 nitrogen and oxygen atoms in total. The number of carbonyl (C=O) groups excluding carboxylic acids is 1. The normalized spacial score (nSPS) is 21.9. The van der Waals surface area contributed by atoms with Gasteiger partial charge in [-0.2, -0.15) is 0 Å². The molecule has 1 saturated carbocycles. The van der Waals surface area contributed by atoms with Gasteiger partial charge in [0.2, 0.25) is 0 Å². The Labute approximate surface area is 133 Å². The van der Waals surface area contributed by atoms with Gasteiger partial charge >= 0.3 is 0 Å². The number of aliphatic hydroxyl groups excluding tert-OH is 1. The third kappa shape index (κ3) is 4.08. The van der Waals surface area contributed by atoms with Crippen LogP contribution in [0.25, 0.3) is 0 Å². The number of likely N-dealkylation sites (N-methyl/N-ethyl adjacent to an activating group) is 1. The van der Waals surface area contributed by atoms with Gasteiger partial charge in [0.25, 0.3) is 5.91 Å². The minimum absolute atomic E-state index is 0.0293. The van der Waals surface area contributed by atoms with Crippen molar-refractivity contribution in [2.75, 3.05) is 20.6 Å². The first-order chi connectivity index (χ1) is 10.5. The zero-order valence-electron chi connectivity index (χ0n) is 14.0. The van der Waals surface area contributed by atoms with E-state index in [4.69, 9.17) is 0 Å². The highest BCUT2D eigenvalue weighted by Gasteiger charge is 2.27. The molecule has 122 valence electrons. The van der Waals surface area contributed by atoms with Crippen molar-refractivity contribution < 1.29 is 9.90 Å². The van der Waals surface area contributed by atoms with Crippen LogP contribution in [0.5, 0.6) is 0 Å². The summed E-state index contributed by atoms with van der Waals surface area (Å²) >= 11 is 0. The van der Waals surface area contributed by atoms with Crippen LogP contribution in [-0.2, 0) is 6.54 Å². The second-order valence-corrected chi connectivity index (χ2v) is 6.38. The van der Waals surface area contributed by atoms with Gasteiger partial charge in [-0.3, -0.25) is 9.69 Å². The molecule has 1 amide bonds. The topological polar surface area (TPSA) is 43.8 Å². The molecule has 0 radical (unpaired) electrons. The van der Waals surface area contributed by atoms with E-state index in [1.165, 1.54) is 12.0 Å². The van der Waals surface area contributed by atoms with Crippen molar-refractivity contribution in [1.29, 1.82) is 0 Å². The Morgan fingerprint density at radius 3 is 2.36 bits per heavy atom. The van der Waals surface area contributed by atoms with Gasteiger partial charge in [0, 0.05) is 32.2 Å². The molecule has 1 aromatic carbocycles. The van der Waals surface area contributed by atoms with Crippen LogP contribution < -0.4 is 0 Å². The first-order valence-electron chi connectivity index (χ1n) is 8.25. The number of nitrogens with zero attached hydrogens (tertiary/aromatic N) is 2. The van der Waals surface area contributed by atoms with E-state index in [9.17, 15) is 9.90 Å². The monoisotopic (exact) mass is 304 g/mol. The predicted molar refractivity (Wildman–Crippen MR) is 88.8 cm³/mol. The zero-order chi connectivity index (χ0) is 16.1. The molecule has 1 aliphatic rings. The third-order valence-corrected chi connectivity index (χ3v) is 4.56. The van der Waals surface area contributed by atoms with Crippen molar-refractivity contribution in [2.24, 2.45) is 0 Å². The highest BCUT2D eigenvalue weighted by atomic mass is 16.3. The summed E-state index contributed by atoms with van der Waals surface area (Å²) in [5, 5.41) is 10.2. The molecule has 0 bridgehead atoms. The van der Waals surface area contributed by atoms with E-state index < -0.39 is 0 Å². The fourth-order valence-electron chi connectivity index (χ4n) is 3.23. The van der Waals surface area contributed by atoms with E-state index in [0.29, 0.717) is 0 Å². The summed E-state index contributed by atoms with van der Waals surface area (Å²) in [5.41, 5.74) is 1.91. The van der Waals surface area contributed by atoms with Gasteiger partial charge in [0.15, 0.2) is 0 Å². The van der Waals surface area contributed by atoms with Gasteiger partial charge in [-0.05, 0) is 37.1 Å². The summed E-state index contributed by atoms with van der Waals surface area (Å²) in [6.07, 6.45) is 4.12. The molecule has 2 atom stereocenters. The summed E-state index contributed by atoms with van der Waals surface area (Å²) in [4.78, 5) is 15.8. The van der Waals surface area contributed by atoms with Crippen LogP contribution in [0.3, 0.4) is 0 Å². The van der Waals surface area contributed by atoms with E-state index in [1.54, 1.807) is 19.0 Å². The number of hydrogen-bond acceptors (Lipinski definition) is 3. The molecule has 1 fully saturated rings. The number of rotatable bonds is 5. The van der Waals surface area contributed by atoms with Crippen molar-refractivity contribution in [3.63, 3.8) is 0 Å². The van der Waals surface area contributed by atoms with Gasteiger partial charge in [-0.15, -0.1) is 0 Å². The van der Waals surface area contributed by atoms with Gasteiger partial charge in [0.1, 0.15) is 0 Å². The average Bonchev–Trinajstić information content (AvgIpc) is 2.53. The molecule has 1 N–H and O–H groups in total. The van der Waals surface area contributed by atoms with Gasteiger partial charge in [0.05, 0.1) is 6.10 Å². The molecule has 0 saturated heterocycles. The molecule has 1 aromatic rings. The highest BCUT2D eigenvalue weighted by Crippen LogP contribution is 2.24. The van der Waals surface area contributed by atoms with Crippen molar-refractivity contribution >= 4 is 5.91 Å². The Balaban J connectivity index is 2.03. The van der Waals surface area contributed by atoms with Crippen LogP contribution in [0.15, 0.2) is 24.3 Å². The standard InChI is InChI=1S/C18H28N2O2/c1-4-20(16-7-5-6-8-17(16)21)13-14-9-11-15(12-10-14)18(22)19(2)3/h9-12,16-17,21H,4-8,13H2,1-3H3. The maximum Gasteiger partial charge on any atom is 0.253 e. The molecule has 0 aliphatic heterocycles. The molecule has 0 spiro atoms. The predicted octanol–water partition coefficient (Wildman–Crippen LogP) is 2.51. The Bertz CT molecular complexity index is 484. The van der Waals surface area contributed by atoms with Crippen molar-refractivity contribution in [1.82, 2.24) is 9.80 Å². The fraction of sp³-hybridized carbons (Fsp3) is 0.611. The summed E-state index contributed by atoms with van der Waals surface area (Å²) in [7, 11) is 3.53. The first-order valence-corrected chi connectivity index (χ1v) is 8.25. The second-order valence-electron chi connectivity index (χ2n) is 6.38. The summed E-state index contributed by atoms with van der Waals surface area (Å²) in [5.74, 6) is 0.0293. The number of benzene rings is 1. The number of aliphatic hydroxyl groups is 1. The molecule has 22 heavy (non-hydrogen) atoms. The van der Waals surface area contributed by atoms with E-state index in [0.717, 1.165) is 37.9 Å². The van der Waals surface area contributed by atoms with Gasteiger partial charge < -0.3 is 10.0 Å². The Hall–Kier alpha value is -1.39. The third-order valence-electron chi connectivity index (χ3n) is 4.56. The Morgan fingerprint density at radius 1 is 1.18 bits per heavy atom. The smallest absolute Gasteiger partial charge is 0.253 e. The highest BCUT2D eigenvalue weighted by molar-refractivity contribution is 5.93. The average molecular weight is 304 g/mol. The maximum absolute atomic E-state index is 11.9. The Morgan fingerprint density at radius 2 is 1.82 bits per heavy atom. The maximum atomic E-state index is 11.9. The first kappa shape index (κ1) is 17.0. The summed E-state index contributed by atoms with van der Waals surface area (Å²) in [6, 6.07) is 8.09. The van der Waals surface area contributed by atoms with E-state index >= 15 is 0 Å². The Kier molecular flexibility index (Phi) is 5.98. The largest absolute Gasteiger partial charge is 0.391 e. The molecule has 2 unspecified atom stereocenters. The number of hydrogen-bond donors (Lipinski definition) is 1. The lowest BCUT2D eigenvalue weighted by Gasteiger charge is -2.37. The quantitative estimate of drug-likeness (QED) is 0.909. The lowest BCUT2D eigenvalue weighted by atomic mass is 9.91. The fourth-order valence-corrected chi connectivity index (χ4v) is 3.23. The van der Waals surface area contributed by atoms with E-state index in [1.807, 2.05) is 24.3 Å². The summed E-state index contributed by atoms with van der Waals surface area (Å²) < 4.78 is 0. The van der Waals surface area contributed by atoms with E-state index in [2.05, 4.69) is 11.8 Å².